The van der Waals surface area contributed by atoms with Gasteiger partial charge in [-0.05, 0) is 41.3 Å². The number of hydrogen-bond donors (Lipinski definition) is 1. The predicted octanol–water partition coefficient (Wildman–Crippen LogP) is 3.56. The Balaban J connectivity index is 1.68. The standard InChI is InChI=1S/C19H20F2N2O3/c1-14(16-5-3-2-4-6-16)11-22-18(24)13-25-23-12-15-7-9-17(10-8-15)26-19(20)21/h2-10,12,14,19H,11,13H2,1H3,(H,22,24)/b23-12+. The molecule has 1 amide bonds. The van der Waals surface area contributed by atoms with Crippen LogP contribution in [0.4, 0.5) is 8.78 Å². The second-order valence-electron chi connectivity index (χ2n) is 5.57. The predicted molar refractivity (Wildman–Crippen MR) is 94.5 cm³/mol. The van der Waals surface area contributed by atoms with Crippen molar-refractivity contribution in [3.05, 3.63) is 65.7 Å². The van der Waals surface area contributed by atoms with Gasteiger partial charge in [0.05, 0.1) is 6.21 Å². The number of nitrogens with zero attached hydrogens (tertiary/aromatic N) is 1. The molecular formula is C19H20F2N2O3. The van der Waals surface area contributed by atoms with E-state index in [0.717, 1.165) is 5.56 Å². The van der Waals surface area contributed by atoms with Gasteiger partial charge in [-0.1, -0.05) is 42.4 Å². The maximum absolute atomic E-state index is 12.0. The Labute approximate surface area is 150 Å². The van der Waals surface area contributed by atoms with Crippen LogP contribution in [0.15, 0.2) is 59.8 Å². The lowest BCUT2D eigenvalue weighted by atomic mass is 10.0. The Hall–Kier alpha value is -2.96. The summed E-state index contributed by atoms with van der Waals surface area (Å²) in [5, 5.41) is 6.46. The lowest BCUT2D eigenvalue weighted by Gasteiger charge is -2.12. The van der Waals surface area contributed by atoms with Gasteiger partial charge in [0, 0.05) is 6.54 Å². The average Bonchev–Trinajstić information content (AvgIpc) is 2.65. The number of halogens is 2. The van der Waals surface area contributed by atoms with Gasteiger partial charge in [-0.2, -0.15) is 8.78 Å². The normalized spacial score (nSPS) is 12.2. The highest BCUT2D eigenvalue weighted by Gasteiger charge is 2.07. The molecule has 0 spiro atoms. The minimum absolute atomic E-state index is 0.0602. The number of carbonyl (C=O) groups is 1. The molecule has 0 saturated heterocycles. The maximum atomic E-state index is 12.0. The monoisotopic (exact) mass is 362 g/mol. The van der Waals surface area contributed by atoms with Gasteiger partial charge in [-0.25, -0.2) is 0 Å². The zero-order valence-electron chi connectivity index (χ0n) is 14.3. The molecule has 0 aliphatic rings. The molecule has 1 unspecified atom stereocenters. The van der Waals surface area contributed by atoms with Crippen molar-refractivity contribution in [1.82, 2.24) is 5.32 Å². The summed E-state index contributed by atoms with van der Waals surface area (Å²) in [6.07, 6.45) is 1.38. The van der Waals surface area contributed by atoms with Crippen LogP contribution in [0.25, 0.3) is 0 Å². The van der Waals surface area contributed by atoms with E-state index in [9.17, 15) is 13.6 Å². The summed E-state index contributed by atoms with van der Waals surface area (Å²) in [5.41, 5.74) is 1.77. The van der Waals surface area contributed by atoms with E-state index in [0.29, 0.717) is 12.1 Å². The average molecular weight is 362 g/mol. The molecule has 26 heavy (non-hydrogen) atoms. The van der Waals surface area contributed by atoms with Crippen molar-refractivity contribution in [2.24, 2.45) is 5.16 Å². The largest absolute Gasteiger partial charge is 0.435 e. The van der Waals surface area contributed by atoms with Crippen molar-refractivity contribution < 1.29 is 23.1 Å². The molecule has 2 rings (SSSR count). The third kappa shape index (κ3) is 6.88. The Bertz CT molecular complexity index is 706. The fourth-order valence-corrected chi connectivity index (χ4v) is 2.15. The lowest BCUT2D eigenvalue weighted by molar-refractivity contribution is -0.125. The smallest absolute Gasteiger partial charge is 0.387 e. The summed E-state index contributed by atoms with van der Waals surface area (Å²) in [6, 6.07) is 15.8. The molecule has 7 heteroatoms. The fraction of sp³-hybridized carbons (Fsp3) is 0.263. The van der Waals surface area contributed by atoms with Gasteiger partial charge in [0.15, 0.2) is 6.61 Å². The van der Waals surface area contributed by atoms with Gasteiger partial charge in [0.2, 0.25) is 0 Å². The van der Waals surface area contributed by atoms with Crippen LogP contribution in [0.2, 0.25) is 0 Å². The third-order valence-corrected chi connectivity index (χ3v) is 3.55. The fourth-order valence-electron chi connectivity index (χ4n) is 2.15. The highest BCUT2D eigenvalue weighted by Crippen LogP contribution is 2.14. The zero-order chi connectivity index (χ0) is 18.8. The quantitative estimate of drug-likeness (QED) is 0.548. The summed E-state index contributed by atoms with van der Waals surface area (Å²) in [7, 11) is 0. The van der Waals surface area contributed by atoms with E-state index >= 15 is 0 Å². The van der Waals surface area contributed by atoms with Gasteiger partial charge < -0.3 is 14.9 Å². The molecule has 2 aromatic rings. The Morgan fingerprint density at radius 3 is 2.50 bits per heavy atom. The minimum Gasteiger partial charge on any atom is -0.435 e. The number of benzene rings is 2. The van der Waals surface area contributed by atoms with E-state index in [1.807, 2.05) is 37.3 Å². The van der Waals surface area contributed by atoms with Crippen molar-refractivity contribution in [1.29, 1.82) is 0 Å². The van der Waals surface area contributed by atoms with Gasteiger partial charge in [-0.3, -0.25) is 4.79 Å². The number of oxime groups is 1. The first-order valence-electron chi connectivity index (χ1n) is 8.06. The van der Waals surface area contributed by atoms with E-state index in [1.165, 1.54) is 18.3 Å². The summed E-state index contributed by atoms with van der Waals surface area (Å²) < 4.78 is 28.3. The molecule has 0 aliphatic heterocycles. The molecule has 0 saturated carbocycles. The molecule has 0 fully saturated rings. The number of alkyl halides is 2. The number of hydrogen-bond acceptors (Lipinski definition) is 4. The van der Waals surface area contributed by atoms with Gasteiger partial charge in [0.1, 0.15) is 5.75 Å². The van der Waals surface area contributed by atoms with Crippen LogP contribution in [-0.2, 0) is 9.63 Å². The van der Waals surface area contributed by atoms with E-state index < -0.39 is 6.61 Å². The van der Waals surface area contributed by atoms with Crippen molar-refractivity contribution >= 4 is 12.1 Å². The van der Waals surface area contributed by atoms with Crippen LogP contribution in [0, 0.1) is 0 Å². The number of nitrogens with one attached hydrogen (secondary N) is 1. The van der Waals surface area contributed by atoms with Gasteiger partial charge >= 0.3 is 6.61 Å². The number of amides is 1. The third-order valence-electron chi connectivity index (χ3n) is 3.55. The van der Waals surface area contributed by atoms with Gasteiger partial charge in [-0.15, -0.1) is 0 Å². The Morgan fingerprint density at radius 2 is 1.85 bits per heavy atom. The topological polar surface area (TPSA) is 59.9 Å². The molecule has 1 N–H and O–H groups in total. The van der Waals surface area contributed by atoms with Crippen molar-refractivity contribution in [3.63, 3.8) is 0 Å². The SMILES string of the molecule is CC(CNC(=O)CO/N=C/c1ccc(OC(F)F)cc1)c1ccccc1. The highest BCUT2D eigenvalue weighted by molar-refractivity contribution is 5.80. The molecule has 0 radical (unpaired) electrons. The molecule has 0 aliphatic carbocycles. The Kier molecular flexibility index (Phi) is 7.54. The van der Waals surface area contributed by atoms with Crippen LogP contribution >= 0.6 is 0 Å². The first-order valence-corrected chi connectivity index (χ1v) is 8.06. The first-order chi connectivity index (χ1) is 12.5. The van der Waals surface area contributed by atoms with Crippen LogP contribution in [0.5, 0.6) is 5.75 Å². The molecule has 2 aromatic carbocycles. The molecule has 1 atom stereocenters. The number of rotatable bonds is 9. The highest BCUT2D eigenvalue weighted by atomic mass is 19.3. The molecule has 0 aromatic heterocycles. The van der Waals surface area contributed by atoms with E-state index in [2.05, 4.69) is 15.2 Å². The van der Waals surface area contributed by atoms with Crippen LogP contribution in [0.3, 0.4) is 0 Å². The lowest BCUT2D eigenvalue weighted by Crippen LogP contribution is -2.30. The molecule has 0 heterocycles. The van der Waals surface area contributed by atoms with Crippen LogP contribution in [-0.4, -0.2) is 31.9 Å². The first kappa shape index (κ1) is 19.4. The van der Waals surface area contributed by atoms with E-state index in [4.69, 9.17) is 4.84 Å². The van der Waals surface area contributed by atoms with E-state index in [1.54, 1.807) is 12.1 Å². The summed E-state index contributed by atoms with van der Waals surface area (Å²) >= 11 is 0. The summed E-state index contributed by atoms with van der Waals surface area (Å²) in [6.45, 7) is -0.539. The number of carbonyl (C=O) groups excluding carboxylic acids is 1. The minimum atomic E-state index is -2.86. The summed E-state index contributed by atoms with van der Waals surface area (Å²) in [4.78, 5) is 16.7. The molecule has 138 valence electrons. The van der Waals surface area contributed by atoms with Crippen molar-refractivity contribution in [2.45, 2.75) is 19.5 Å². The van der Waals surface area contributed by atoms with Gasteiger partial charge in [0.25, 0.3) is 5.91 Å². The van der Waals surface area contributed by atoms with Crippen molar-refractivity contribution in [2.75, 3.05) is 13.2 Å². The molecular weight excluding hydrogens is 342 g/mol. The van der Waals surface area contributed by atoms with Crippen LogP contribution < -0.4 is 10.1 Å². The maximum Gasteiger partial charge on any atom is 0.387 e. The molecule has 5 nitrogen and oxygen atoms in total. The number of ether oxygens (including phenoxy) is 1. The molecule has 0 bridgehead atoms. The van der Waals surface area contributed by atoms with Crippen LogP contribution in [0.1, 0.15) is 24.0 Å². The second kappa shape index (κ2) is 10.1. The summed E-state index contributed by atoms with van der Waals surface area (Å²) in [5.74, 6) is -0.0202. The van der Waals surface area contributed by atoms with Crippen molar-refractivity contribution in [3.8, 4) is 5.75 Å². The second-order valence-corrected chi connectivity index (χ2v) is 5.57. The Morgan fingerprint density at radius 1 is 1.15 bits per heavy atom. The van der Waals surface area contributed by atoms with E-state index in [-0.39, 0.29) is 24.2 Å². The zero-order valence-corrected chi connectivity index (χ0v) is 14.3.